The monoisotopic (exact) mass is 417 g/mol. The molecule has 0 spiro atoms. The molecule has 1 atom stereocenters. The second-order valence-corrected chi connectivity index (χ2v) is 8.29. The van der Waals surface area contributed by atoms with Gasteiger partial charge in [0.15, 0.2) is 0 Å². The van der Waals surface area contributed by atoms with Crippen molar-refractivity contribution < 1.29 is 14.3 Å². The molecule has 0 saturated carbocycles. The number of benzene rings is 2. The predicted octanol–water partition coefficient (Wildman–Crippen LogP) is 3.73. The molecule has 2 aromatic carbocycles. The highest BCUT2D eigenvalue weighted by molar-refractivity contribution is 5.95. The van der Waals surface area contributed by atoms with Gasteiger partial charge in [0, 0.05) is 43.2 Å². The Balaban J connectivity index is 1.33. The predicted molar refractivity (Wildman–Crippen MR) is 117 cm³/mol. The van der Waals surface area contributed by atoms with Crippen LogP contribution < -0.4 is 4.74 Å². The van der Waals surface area contributed by atoms with Crippen molar-refractivity contribution in [2.45, 2.75) is 25.7 Å². The van der Waals surface area contributed by atoms with E-state index in [0.717, 1.165) is 45.3 Å². The van der Waals surface area contributed by atoms with Gasteiger partial charge in [0.2, 0.25) is 0 Å². The number of likely N-dealkylation sites (tertiary alicyclic amines) is 2. The molecule has 0 unspecified atom stereocenters. The molecular weight excluding hydrogens is 390 g/mol. The SMILES string of the molecule is N#Cc1ccc(C(=O)N2CCC[C@@H](COc3cccc(C(=O)N4CCCC4)c3)C2)cc1. The van der Waals surface area contributed by atoms with E-state index in [-0.39, 0.29) is 17.7 Å². The van der Waals surface area contributed by atoms with Crippen molar-refractivity contribution >= 4 is 11.8 Å². The Morgan fingerprint density at radius 3 is 2.39 bits per heavy atom. The Bertz CT molecular complexity index is 974. The molecule has 2 saturated heterocycles. The summed E-state index contributed by atoms with van der Waals surface area (Å²) in [6, 6.07) is 16.2. The standard InChI is InChI=1S/C25H27N3O3/c26-16-19-8-10-21(11-9-19)24(29)28-14-4-5-20(17-28)18-31-23-7-3-6-22(15-23)25(30)27-12-1-2-13-27/h3,6-11,15,20H,1-2,4-5,12-14,17-18H2/t20-/m1/s1. The largest absolute Gasteiger partial charge is 0.493 e. The molecule has 2 aromatic rings. The highest BCUT2D eigenvalue weighted by Crippen LogP contribution is 2.22. The number of ether oxygens (including phenoxy) is 1. The van der Waals surface area contributed by atoms with Crippen LogP contribution >= 0.6 is 0 Å². The lowest BCUT2D eigenvalue weighted by molar-refractivity contribution is 0.0632. The molecule has 0 radical (unpaired) electrons. The van der Waals surface area contributed by atoms with Gasteiger partial charge >= 0.3 is 0 Å². The molecule has 0 bridgehead atoms. The van der Waals surface area contributed by atoms with E-state index in [1.54, 1.807) is 24.3 Å². The van der Waals surface area contributed by atoms with Gasteiger partial charge in [0.05, 0.1) is 18.2 Å². The zero-order valence-corrected chi connectivity index (χ0v) is 17.6. The summed E-state index contributed by atoms with van der Waals surface area (Å²) in [5.41, 5.74) is 1.82. The molecule has 2 aliphatic heterocycles. The molecule has 6 nitrogen and oxygen atoms in total. The molecule has 4 rings (SSSR count). The highest BCUT2D eigenvalue weighted by Gasteiger charge is 2.25. The lowest BCUT2D eigenvalue weighted by Crippen LogP contribution is -2.41. The molecule has 6 heteroatoms. The Kier molecular flexibility index (Phi) is 6.51. The first-order chi connectivity index (χ1) is 15.1. The lowest BCUT2D eigenvalue weighted by Gasteiger charge is -2.32. The van der Waals surface area contributed by atoms with Gasteiger partial charge in [-0.05, 0) is 68.1 Å². The van der Waals surface area contributed by atoms with Crippen molar-refractivity contribution in [3.8, 4) is 11.8 Å². The van der Waals surface area contributed by atoms with Crippen LogP contribution in [0.3, 0.4) is 0 Å². The van der Waals surface area contributed by atoms with Crippen molar-refractivity contribution in [1.29, 1.82) is 5.26 Å². The number of nitriles is 1. The summed E-state index contributed by atoms with van der Waals surface area (Å²) in [7, 11) is 0. The molecule has 160 valence electrons. The molecule has 0 N–H and O–H groups in total. The Labute approximate surface area is 183 Å². The van der Waals surface area contributed by atoms with Crippen molar-refractivity contribution in [2.24, 2.45) is 5.92 Å². The number of carbonyl (C=O) groups is 2. The van der Waals surface area contributed by atoms with E-state index in [4.69, 9.17) is 10.00 Å². The minimum atomic E-state index is -0.00704. The average Bonchev–Trinajstić information content (AvgIpc) is 3.37. The molecular formula is C25H27N3O3. The summed E-state index contributed by atoms with van der Waals surface area (Å²) in [6.45, 7) is 3.54. The van der Waals surface area contributed by atoms with E-state index in [0.29, 0.717) is 35.6 Å². The Morgan fingerprint density at radius 1 is 0.935 bits per heavy atom. The van der Waals surface area contributed by atoms with Crippen LogP contribution in [0.4, 0.5) is 0 Å². The highest BCUT2D eigenvalue weighted by atomic mass is 16.5. The van der Waals surface area contributed by atoms with Crippen LogP contribution in [0.5, 0.6) is 5.75 Å². The van der Waals surface area contributed by atoms with Gasteiger partial charge in [-0.25, -0.2) is 0 Å². The molecule has 31 heavy (non-hydrogen) atoms. The van der Waals surface area contributed by atoms with E-state index in [9.17, 15) is 9.59 Å². The number of nitrogens with zero attached hydrogens (tertiary/aromatic N) is 3. The summed E-state index contributed by atoms with van der Waals surface area (Å²) in [6.07, 6.45) is 4.08. The van der Waals surface area contributed by atoms with Crippen LogP contribution in [0.25, 0.3) is 0 Å². The minimum Gasteiger partial charge on any atom is -0.493 e. The fraction of sp³-hybridized carbons (Fsp3) is 0.400. The van der Waals surface area contributed by atoms with Crippen molar-refractivity contribution in [1.82, 2.24) is 9.80 Å². The normalized spacial score (nSPS) is 18.5. The van der Waals surface area contributed by atoms with Crippen LogP contribution in [0.1, 0.15) is 52.0 Å². The van der Waals surface area contributed by atoms with Gasteiger partial charge in [0.1, 0.15) is 5.75 Å². The lowest BCUT2D eigenvalue weighted by atomic mass is 9.98. The van der Waals surface area contributed by atoms with E-state index < -0.39 is 0 Å². The number of amides is 2. The van der Waals surface area contributed by atoms with Gasteiger partial charge in [0.25, 0.3) is 11.8 Å². The van der Waals surface area contributed by atoms with Gasteiger partial charge < -0.3 is 14.5 Å². The van der Waals surface area contributed by atoms with Gasteiger partial charge in [-0.3, -0.25) is 9.59 Å². The van der Waals surface area contributed by atoms with Crippen LogP contribution in [-0.4, -0.2) is 54.4 Å². The van der Waals surface area contributed by atoms with E-state index in [1.165, 1.54) is 0 Å². The average molecular weight is 418 g/mol. The number of carbonyl (C=O) groups excluding carboxylic acids is 2. The number of hydrogen-bond acceptors (Lipinski definition) is 4. The van der Waals surface area contributed by atoms with Crippen molar-refractivity contribution in [2.75, 3.05) is 32.8 Å². The molecule has 2 amide bonds. The Morgan fingerprint density at radius 2 is 1.65 bits per heavy atom. The Hall–Kier alpha value is -3.33. The number of hydrogen-bond donors (Lipinski definition) is 0. The first-order valence-electron chi connectivity index (χ1n) is 11.0. The maximum atomic E-state index is 12.8. The third-order valence-corrected chi connectivity index (χ3v) is 6.03. The number of rotatable bonds is 5. The second kappa shape index (κ2) is 9.65. The first kappa shape index (κ1) is 20.9. The quantitative estimate of drug-likeness (QED) is 0.743. The molecule has 2 aliphatic rings. The fourth-order valence-electron chi connectivity index (χ4n) is 4.29. The van der Waals surface area contributed by atoms with Crippen LogP contribution in [-0.2, 0) is 0 Å². The zero-order valence-electron chi connectivity index (χ0n) is 17.6. The number of piperidine rings is 1. The summed E-state index contributed by atoms with van der Waals surface area (Å²) < 4.78 is 6.02. The molecule has 2 fully saturated rings. The van der Waals surface area contributed by atoms with E-state index in [2.05, 4.69) is 6.07 Å². The summed E-state index contributed by atoms with van der Waals surface area (Å²) in [5, 5.41) is 8.93. The molecule has 0 aromatic heterocycles. The first-order valence-corrected chi connectivity index (χ1v) is 11.0. The maximum absolute atomic E-state index is 12.8. The molecule has 2 heterocycles. The summed E-state index contributed by atoms with van der Waals surface area (Å²) in [5.74, 6) is 1.00. The topological polar surface area (TPSA) is 73.6 Å². The van der Waals surface area contributed by atoms with Crippen LogP contribution in [0.2, 0.25) is 0 Å². The summed E-state index contributed by atoms with van der Waals surface area (Å²) in [4.78, 5) is 29.2. The van der Waals surface area contributed by atoms with Crippen molar-refractivity contribution in [3.05, 3.63) is 65.2 Å². The van der Waals surface area contributed by atoms with Crippen LogP contribution in [0, 0.1) is 17.2 Å². The smallest absolute Gasteiger partial charge is 0.253 e. The van der Waals surface area contributed by atoms with Gasteiger partial charge in [-0.2, -0.15) is 5.26 Å². The zero-order chi connectivity index (χ0) is 21.6. The minimum absolute atomic E-state index is 0.00704. The van der Waals surface area contributed by atoms with Crippen LogP contribution in [0.15, 0.2) is 48.5 Å². The fourth-order valence-corrected chi connectivity index (χ4v) is 4.29. The second-order valence-electron chi connectivity index (χ2n) is 8.29. The molecule has 0 aliphatic carbocycles. The van der Waals surface area contributed by atoms with Gasteiger partial charge in [-0.15, -0.1) is 0 Å². The van der Waals surface area contributed by atoms with Crippen molar-refractivity contribution in [3.63, 3.8) is 0 Å². The summed E-state index contributed by atoms with van der Waals surface area (Å²) >= 11 is 0. The third-order valence-electron chi connectivity index (χ3n) is 6.03. The maximum Gasteiger partial charge on any atom is 0.253 e. The van der Waals surface area contributed by atoms with E-state index >= 15 is 0 Å². The van der Waals surface area contributed by atoms with Gasteiger partial charge in [-0.1, -0.05) is 6.07 Å². The van der Waals surface area contributed by atoms with E-state index in [1.807, 2.05) is 34.1 Å². The third kappa shape index (κ3) is 5.05.